The van der Waals surface area contributed by atoms with Gasteiger partial charge in [0.05, 0.1) is 5.54 Å². The van der Waals surface area contributed by atoms with Crippen LogP contribution in [0.4, 0.5) is 0 Å². The van der Waals surface area contributed by atoms with Crippen molar-refractivity contribution in [2.45, 2.75) is 52.6 Å². The van der Waals surface area contributed by atoms with Gasteiger partial charge in [-0.25, -0.2) is 0 Å². The van der Waals surface area contributed by atoms with Gasteiger partial charge < -0.3 is 5.32 Å². The molecule has 1 aromatic carbocycles. The molecule has 1 fully saturated rings. The van der Waals surface area contributed by atoms with Gasteiger partial charge in [-0.15, -0.1) is 0 Å². The first-order valence-corrected chi connectivity index (χ1v) is 8.45. The van der Waals surface area contributed by atoms with Crippen molar-refractivity contribution in [2.75, 3.05) is 19.6 Å². The molecule has 0 saturated carbocycles. The van der Waals surface area contributed by atoms with Crippen molar-refractivity contribution in [1.82, 2.24) is 10.2 Å². The van der Waals surface area contributed by atoms with E-state index in [1.54, 1.807) is 0 Å². The highest BCUT2D eigenvalue weighted by Crippen LogP contribution is 2.28. The summed E-state index contributed by atoms with van der Waals surface area (Å²) in [7, 11) is 0. The SMILES string of the molecule is CC(C)CC1CNC(C)(c2ccccc2)CN1CC(C)C. The fraction of sp³-hybridized carbons (Fsp3) is 0.684. The van der Waals surface area contributed by atoms with Crippen LogP contribution in [0.2, 0.25) is 0 Å². The second-order valence-corrected chi connectivity index (χ2v) is 7.69. The summed E-state index contributed by atoms with van der Waals surface area (Å²) < 4.78 is 0. The third kappa shape index (κ3) is 4.31. The molecule has 1 aliphatic heterocycles. The number of rotatable bonds is 5. The fourth-order valence-electron chi connectivity index (χ4n) is 3.52. The van der Waals surface area contributed by atoms with E-state index in [0.29, 0.717) is 6.04 Å². The van der Waals surface area contributed by atoms with Gasteiger partial charge in [-0.2, -0.15) is 0 Å². The van der Waals surface area contributed by atoms with E-state index in [2.05, 4.69) is 75.2 Å². The summed E-state index contributed by atoms with van der Waals surface area (Å²) in [6.45, 7) is 15.1. The van der Waals surface area contributed by atoms with Crippen molar-refractivity contribution in [3.05, 3.63) is 35.9 Å². The molecule has 21 heavy (non-hydrogen) atoms. The maximum atomic E-state index is 3.83. The summed E-state index contributed by atoms with van der Waals surface area (Å²) in [4.78, 5) is 2.72. The van der Waals surface area contributed by atoms with Gasteiger partial charge in [-0.3, -0.25) is 4.90 Å². The van der Waals surface area contributed by atoms with Crippen LogP contribution in [0.3, 0.4) is 0 Å². The van der Waals surface area contributed by atoms with Crippen molar-refractivity contribution in [1.29, 1.82) is 0 Å². The van der Waals surface area contributed by atoms with E-state index in [-0.39, 0.29) is 5.54 Å². The zero-order valence-corrected chi connectivity index (χ0v) is 14.4. The number of benzene rings is 1. The quantitative estimate of drug-likeness (QED) is 0.884. The zero-order chi connectivity index (χ0) is 15.5. The van der Waals surface area contributed by atoms with Crippen LogP contribution in [-0.2, 0) is 5.54 Å². The Balaban J connectivity index is 2.15. The molecule has 0 bridgehead atoms. The lowest BCUT2D eigenvalue weighted by Gasteiger charge is -2.47. The minimum atomic E-state index is 0.0730. The summed E-state index contributed by atoms with van der Waals surface area (Å²) in [5.41, 5.74) is 1.48. The van der Waals surface area contributed by atoms with Crippen LogP contribution in [0.5, 0.6) is 0 Å². The van der Waals surface area contributed by atoms with Gasteiger partial charge in [0.25, 0.3) is 0 Å². The summed E-state index contributed by atoms with van der Waals surface area (Å²) in [5.74, 6) is 1.48. The molecule has 2 heteroatoms. The molecule has 0 aromatic heterocycles. The maximum absolute atomic E-state index is 3.83. The van der Waals surface area contributed by atoms with Crippen molar-refractivity contribution in [3.8, 4) is 0 Å². The summed E-state index contributed by atoms with van der Waals surface area (Å²) in [6, 6.07) is 11.6. The first kappa shape index (κ1) is 16.5. The highest BCUT2D eigenvalue weighted by atomic mass is 15.3. The number of hydrogen-bond donors (Lipinski definition) is 1. The number of nitrogens with one attached hydrogen (secondary N) is 1. The summed E-state index contributed by atoms with van der Waals surface area (Å²) in [6.07, 6.45) is 1.28. The van der Waals surface area contributed by atoms with Gasteiger partial charge >= 0.3 is 0 Å². The van der Waals surface area contributed by atoms with Crippen LogP contribution in [0.25, 0.3) is 0 Å². The van der Waals surface area contributed by atoms with Crippen LogP contribution < -0.4 is 5.32 Å². The molecule has 1 heterocycles. The second kappa shape index (κ2) is 6.93. The topological polar surface area (TPSA) is 15.3 Å². The third-order valence-corrected chi connectivity index (χ3v) is 4.52. The van der Waals surface area contributed by atoms with Crippen molar-refractivity contribution in [3.63, 3.8) is 0 Å². The van der Waals surface area contributed by atoms with Gasteiger partial charge in [0.2, 0.25) is 0 Å². The Morgan fingerprint density at radius 2 is 1.81 bits per heavy atom. The lowest BCUT2D eigenvalue weighted by molar-refractivity contribution is 0.0638. The molecule has 0 radical (unpaired) electrons. The number of hydrogen-bond acceptors (Lipinski definition) is 2. The third-order valence-electron chi connectivity index (χ3n) is 4.52. The highest BCUT2D eigenvalue weighted by Gasteiger charge is 2.37. The van der Waals surface area contributed by atoms with Crippen LogP contribution >= 0.6 is 0 Å². The smallest absolute Gasteiger partial charge is 0.0535 e. The Labute approximate surface area is 130 Å². The Hall–Kier alpha value is -0.860. The van der Waals surface area contributed by atoms with E-state index in [1.165, 1.54) is 18.5 Å². The van der Waals surface area contributed by atoms with Crippen molar-refractivity contribution in [2.24, 2.45) is 11.8 Å². The number of nitrogens with zero attached hydrogens (tertiary/aromatic N) is 1. The molecule has 2 rings (SSSR count). The van der Waals surface area contributed by atoms with Crippen LogP contribution in [0, 0.1) is 11.8 Å². The molecule has 1 saturated heterocycles. The molecule has 2 atom stereocenters. The molecular weight excluding hydrogens is 256 g/mol. The summed E-state index contributed by atoms with van der Waals surface area (Å²) >= 11 is 0. The number of piperazine rings is 1. The Bertz CT molecular complexity index is 426. The molecule has 2 nitrogen and oxygen atoms in total. The normalized spacial score (nSPS) is 27.5. The first-order valence-electron chi connectivity index (χ1n) is 8.45. The molecule has 118 valence electrons. The average Bonchev–Trinajstić information content (AvgIpc) is 2.42. The Morgan fingerprint density at radius 3 is 2.38 bits per heavy atom. The minimum absolute atomic E-state index is 0.0730. The van der Waals surface area contributed by atoms with E-state index < -0.39 is 0 Å². The van der Waals surface area contributed by atoms with Crippen LogP contribution in [-0.4, -0.2) is 30.6 Å². The molecule has 1 aliphatic rings. The zero-order valence-electron chi connectivity index (χ0n) is 14.4. The molecule has 1 N–H and O–H groups in total. The molecule has 0 amide bonds. The van der Waals surface area contributed by atoms with Crippen molar-refractivity contribution >= 4 is 0 Å². The Kier molecular flexibility index (Phi) is 5.45. The fourth-order valence-corrected chi connectivity index (χ4v) is 3.52. The average molecular weight is 288 g/mol. The summed E-state index contributed by atoms with van der Waals surface area (Å²) in [5, 5.41) is 3.83. The van der Waals surface area contributed by atoms with E-state index in [9.17, 15) is 0 Å². The van der Waals surface area contributed by atoms with Gasteiger partial charge in [-0.1, -0.05) is 58.0 Å². The van der Waals surface area contributed by atoms with E-state index in [4.69, 9.17) is 0 Å². The monoisotopic (exact) mass is 288 g/mol. The van der Waals surface area contributed by atoms with E-state index in [1.807, 2.05) is 0 Å². The Morgan fingerprint density at radius 1 is 1.14 bits per heavy atom. The molecule has 0 aliphatic carbocycles. The van der Waals surface area contributed by atoms with Gasteiger partial charge in [-0.05, 0) is 30.7 Å². The standard InChI is InChI=1S/C19H32N2/c1-15(2)11-18-12-20-19(5,14-21(18)13-16(3)4)17-9-7-6-8-10-17/h6-10,15-16,18,20H,11-14H2,1-5H3. The minimum Gasteiger partial charge on any atom is -0.305 e. The largest absolute Gasteiger partial charge is 0.305 e. The lowest BCUT2D eigenvalue weighted by atomic mass is 9.86. The molecule has 2 unspecified atom stereocenters. The molecule has 0 spiro atoms. The first-order chi connectivity index (χ1) is 9.90. The van der Waals surface area contributed by atoms with E-state index >= 15 is 0 Å². The molecular formula is C19H32N2. The van der Waals surface area contributed by atoms with Crippen LogP contribution in [0.15, 0.2) is 30.3 Å². The second-order valence-electron chi connectivity index (χ2n) is 7.69. The predicted molar refractivity (Wildman–Crippen MR) is 91.5 cm³/mol. The van der Waals surface area contributed by atoms with Gasteiger partial charge in [0.15, 0.2) is 0 Å². The maximum Gasteiger partial charge on any atom is 0.0535 e. The van der Waals surface area contributed by atoms with Crippen LogP contribution in [0.1, 0.15) is 46.6 Å². The lowest BCUT2D eigenvalue weighted by Crippen LogP contribution is -2.61. The molecule has 1 aromatic rings. The van der Waals surface area contributed by atoms with Gasteiger partial charge in [0, 0.05) is 25.7 Å². The predicted octanol–water partition coefficient (Wildman–Crippen LogP) is 3.88. The van der Waals surface area contributed by atoms with Crippen molar-refractivity contribution < 1.29 is 0 Å². The van der Waals surface area contributed by atoms with Gasteiger partial charge in [0.1, 0.15) is 0 Å². The highest BCUT2D eigenvalue weighted by molar-refractivity contribution is 5.25. The van der Waals surface area contributed by atoms with E-state index in [0.717, 1.165) is 24.9 Å².